The third-order valence-electron chi connectivity index (χ3n) is 3.79. The first-order valence-corrected chi connectivity index (χ1v) is 7.20. The van der Waals surface area contributed by atoms with E-state index in [9.17, 15) is 4.39 Å². The minimum atomic E-state index is -0.194. The second-order valence-corrected chi connectivity index (χ2v) is 5.80. The molecule has 3 rings (SSSR count). The summed E-state index contributed by atoms with van der Waals surface area (Å²) in [7, 11) is 0. The predicted octanol–water partition coefficient (Wildman–Crippen LogP) is 4.90. The zero-order valence-corrected chi connectivity index (χ0v) is 13.8. The zero-order valence-electron chi connectivity index (χ0n) is 13.0. The fourth-order valence-electron chi connectivity index (χ4n) is 2.87. The van der Waals surface area contributed by atoms with Crippen molar-refractivity contribution < 1.29 is 4.39 Å². The molecule has 0 spiro atoms. The van der Waals surface area contributed by atoms with Crippen LogP contribution in [0.15, 0.2) is 47.6 Å². The van der Waals surface area contributed by atoms with E-state index in [2.05, 4.69) is 35.2 Å². The van der Waals surface area contributed by atoms with E-state index in [4.69, 9.17) is 0 Å². The topological polar surface area (TPSA) is 15.6 Å². The minimum Gasteiger partial charge on any atom is -0.264 e. The van der Waals surface area contributed by atoms with Gasteiger partial charge in [0.05, 0.1) is 12.2 Å². The summed E-state index contributed by atoms with van der Waals surface area (Å²) in [6, 6.07) is 13.3. The Bertz CT molecular complexity index is 691. The summed E-state index contributed by atoms with van der Waals surface area (Å²) >= 11 is 0. The van der Waals surface area contributed by atoms with Gasteiger partial charge in [-0.1, -0.05) is 29.8 Å². The van der Waals surface area contributed by atoms with Gasteiger partial charge >= 0.3 is 0 Å². The first-order chi connectivity index (χ1) is 10.0. The van der Waals surface area contributed by atoms with Crippen molar-refractivity contribution in [2.24, 2.45) is 5.10 Å². The molecule has 0 saturated carbocycles. The molecule has 22 heavy (non-hydrogen) atoms. The van der Waals surface area contributed by atoms with Crippen LogP contribution in [-0.2, 0) is 0 Å². The van der Waals surface area contributed by atoms with Crippen LogP contribution in [0.2, 0.25) is 0 Å². The third kappa shape index (κ3) is 3.14. The van der Waals surface area contributed by atoms with Crippen LogP contribution >= 0.6 is 12.4 Å². The Hall–Kier alpha value is -1.87. The molecule has 4 heteroatoms. The molecule has 1 heterocycles. The zero-order chi connectivity index (χ0) is 15.0. The first-order valence-electron chi connectivity index (χ1n) is 7.20. The van der Waals surface area contributed by atoms with Crippen LogP contribution in [0, 0.1) is 12.7 Å². The summed E-state index contributed by atoms with van der Waals surface area (Å²) in [5.41, 5.74) is 5.82. The van der Waals surface area contributed by atoms with Gasteiger partial charge in [-0.25, -0.2) is 4.39 Å². The number of hydrazone groups is 1. The Kier molecular flexibility index (Phi) is 4.87. The molecule has 1 aliphatic heterocycles. The summed E-state index contributed by atoms with van der Waals surface area (Å²) < 4.78 is 13.2. The molecule has 0 N–H and O–H groups in total. The lowest BCUT2D eigenvalue weighted by atomic mass is 9.92. The molecule has 116 valence electrons. The Morgan fingerprint density at radius 2 is 1.82 bits per heavy atom. The van der Waals surface area contributed by atoms with Gasteiger partial charge in [0.15, 0.2) is 0 Å². The number of rotatable bonds is 2. The number of anilines is 1. The molecule has 2 aromatic carbocycles. The maximum atomic E-state index is 13.2. The lowest BCUT2D eigenvalue weighted by Gasteiger charge is -2.14. The van der Waals surface area contributed by atoms with Crippen molar-refractivity contribution in [1.82, 2.24) is 0 Å². The molecule has 0 saturated heterocycles. The van der Waals surface area contributed by atoms with Crippen LogP contribution in [0.5, 0.6) is 0 Å². The standard InChI is InChI=1S/C18H19FN2.ClH/c1-12(2)20-21-11-17(14-5-7-15(19)8-6-14)16-10-13(3)4-9-18(16)21;/h4-10,17H,11H2,1-3H3;1H. The van der Waals surface area contributed by atoms with Crippen LogP contribution in [0.1, 0.15) is 36.5 Å². The summed E-state index contributed by atoms with van der Waals surface area (Å²) in [5, 5.41) is 6.67. The molecule has 0 radical (unpaired) electrons. The molecule has 0 amide bonds. The average molecular weight is 319 g/mol. The molecule has 1 aliphatic rings. The smallest absolute Gasteiger partial charge is 0.123 e. The SMILES string of the molecule is CC(C)=NN1CC(c2ccc(F)cc2)c2cc(C)ccc21.Cl. The van der Waals surface area contributed by atoms with E-state index in [0.29, 0.717) is 0 Å². The second-order valence-electron chi connectivity index (χ2n) is 5.80. The number of aryl methyl sites for hydroxylation is 1. The van der Waals surface area contributed by atoms with Crippen molar-refractivity contribution in [2.45, 2.75) is 26.7 Å². The highest BCUT2D eigenvalue weighted by Gasteiger charge is 2.29. The molecule has 0 fully saturated rings. The van der Waals surface area contributed by atoms with E-state index in [-0.39, 0.29) is 24.1 Å². The maximum Gasteiger partial charge on any atom is 0.123 e. The Labute approximate surface area is 137 Å². The number of nitrogens with zero attached hydrogens (tertiary/aromatic N) is 2. The first kappa shape index (κ1) is 16.5. The second kappa shape index (κ2) is 6.49. The largest absolute Gasteiger partial charge is 0.264 e. The summed E-state index contributed by atoms with van der Waals surface area (Å²) in [4.78, 5) is 0. The number of halogens is 2. The molecule has 0 bridgehead atoms. The van der Waals surface area contributed by atoms with Gasteiger partial charge in [-0.3, -0.25) is 5.01 Å². The van der Waals surface area contributed by atoms with Gasteiger partial charge in [0.25, 0.3) is 0 Å². The number of hydrogen-bond donors (Lipinski definition) is 0. The van der Waals surface area contributed by atoms with Gasteiger partial charge in [0, 0.05) is 11.6 Å². The quantitative estimate of drug-likeness (QED) is 0.719. The van der Waals surface area contributed by atoms with Crippen molar-refractivity contribution in [3.05, 3.63) is 65.0 Å². The Morgan fingerprint density at radius 3 is 2.45 bits per heavy atom. The molecule has 2 nitrogen and oxygen atoms in total. The van der Waals surface area contributed by atoms with Gasteiger partial charge in [-0.05, 0) is 50.1 Å². The van der Waals surface area contributed by atoms with Gasteiger partial charge < -0.3 is 0 Å². The highest BCUT2D eigenvalue weighted by Crippen LogP contribution is 2.40. The van der Waals surface area contributed by atoms with Crippen LogP contribution in [0.3, 0.4) is 0 Å². The maximum absolute atomic E-state index is 13.2. The molecule has 2 aromatic rings. The highest BCUT2D eigenvalue weighted by atomic mass is 35.5. The number of hydrogen-bond acceptors (Lipinski definition) is 2. The normalized spacial score (nSPS) is 16.0. The van der Waals surface area contributed by atoms with Crippen molar-refractivity contribution in [2.75, 3.05) is 11.6 Å². The van der Waals surface area contributed by atoms with E-state index < -0.39 is 0 Å². The van der Waals surface area contributed by atoms with Crippen molar-refractivity contribution >= 4 is 23.8 Å². The average Bonchev–Trinajstić information content (AvgIpc) is 2.77. The van der Waals surface area contributed by atoms with Crippen molar-refractivity contribution in [3.63, 3.8) is 0 Å². The lowest BCUT2D eigenvalue weighted by molar-refractivity contribution is 0.626. The monoisotopic (exact) mass is 318 g/mol. The van der Waals surface area contributed by atoms with E-state index >= 15 is 0 Å². The fraction of sp³-hybridized carbons (Fsp3) is 0.278. The summed E-state index contributed by atoms with van der Waals surface area (Å²) in [6.45, 7) is 6.90. The molecular formula is C18H20ClFN2. The predicted molar refractivity (Wildman–Crippen MR) is 92.8 cm³/mol. The van der Waals surface area contributed by atoms with E-state index in [1.165, 1.54) is 23.3 Å². The Morgan fingerprint density at radius 1 is 1.14 bits per heavy atom. The minimum absolute atomic E-state index is 0. The Balaban J connectivity index is 0.00000176. The lowest BCUT2D eigenvalue weighted by Crippen LogP contribution is -2.16. The molecule has 1 unspecified atom stereocenters. The highest BCUT2D eigenvalue weighted by molar-refractivity contribution is 5.85. The van der Waals surface area contributed by atoms with Crippen LogP contribution < -0.4 is 5.01 Å². The van der Waals surface area contributed by atoms with Gasteiger partial charge in [-0.15, -0.1) is 12.4 Å². The third-order valence-corrected chi connectivity index (χ3v) is 3.79. The molecular weight excluding hydrogens is 299 g/mol. The van der Waals surface area contributed by atoms with Crippen molar-refractivity contribution in [1.29, 1.82) is 0 Å². The van der Waals surface area contributed by atoms with Gasteiger partial charge in [0.1, 0.15) is 5.82 Å². The van der Waals surface area contributed by atoms with E-state index in [0.717, 1.165) is 23.5 Å². The summed E-state index contributed by atoms with van der Waals surface area (Å²) in [6.07, 6.45) is 0. The van der Waals surface area contributed by atoms with Crippen LogP contribution in [0.25, 0.3) is 0 Å². The van der Waals surface area contributed by atoms with E-state index in [1.807, 2.05) is 26.0 Å². The van der Waals surface area contributed by atoms with E-state index in [1.54, 1.807) is 0 Å². The van der Waals surface area contributed by atoms with Gasteiger partial charge in [0.2, 0.25) is 0 Å². The molecule has 1 atom stereocenters. The van der Waals surface area contributed by atoms with Gasteiger partial charge in [-0.2, -0.15) is 5.10 Å². The fourth-order valence-corrected chi connectivity index (χ4v) is 2.87. The molecule has 0 aliphatic carbocycles. The molecule has 0 aromatic heterocycles. The number of benzene rings is 2. The summed E-state index contributed by atoms with van der Waals surface area (Å²) in [5.74, 6) is 0.0455. The van der Waals surface area contributed by atoms with Crippen LogP contribution in [-0.4, -0.2) is 12.3 Å². The van der Waals surface area contributed by atoms with Crippen LogP contribution in [0.4, 0.5) is 10.1 Å². The van der Waals surface area contributed by atoms with Crippen molar-refractivity contribution in [3.8, 4) is 0 Å². The number of fused-ring (bicyclic) bond motifs is 1.